The summed E-state index contributed by atoms with van der Waals surface area (Å²) in [5.41, 5.74) is 2.46. The molecule has 1 N–H and O–H groups in total. The molecule has 3 aliphatic rings. The van der Waals surface area contributed by atoms with Crippen molar-refractivity contribution in [1.82, 2.24) is 14.8 Å². The summed E-state index contributed by atoms with van der Waals surface area (Å²) in [4.78, 5) is 31.0. The molecule has 2 aromatic rings. The number of anilines is 1. The van der Waals surface area contributed by atoms with Crippen molar-refractivity contribution in [3.63, 3.8) is 0 Å². The second-order valence-electron chi connectivity index (χ2n) is 9.61. The molecule has 0 unspecified atom stereocenters. The zero-order valence-electron chi connectivity index (χ0n) is 18.1. The van der Waals surface area contributed by atoms with Gasteiger partial charge in [-0.3, -0.25) is 19.6 Å². The van der Waals surface area contributed by atoms with Crippen molar-refractivity contribution in [2.75, 3.05) is 5.32 Å². The lowest BCUT2D eigenvalue weighted by Crippen LogP contribution is -2.50. The van der Waals surface area contributed by atoms with E-state index in [-0.39, 0.29) is 41.1 Å². The molecule has 6 atom stereocenters. The molecule has 1 saturated carbocycles. The van der Waals surface area contributed by atoms with Crippen molar-refractivity contribution in [2.24, 2.45) is 30.2 Å². The largest absolute Gasteiger partial charge is 0.461 e. The van der Waals surface area contributed by atoms with Crippen LogP contribution in [0, 0.1) is 30.1 Å². The molecule has 2 aliphatic carbocycles. The van der Waals surface area contributed by atoms with Gasteiger partial charge in [-0.15, -0.1) is 11.3 Å². The first-order chi connectivity index (χ1) is 14.2. The van der Waals surface area contributed by atoms with Crippen molar-refractivity contribution in [2.45, 2.75) is 59.0 Å². The fraction of sp³-hybridized carbons (Fsp3) is 0.636. The first-order valence-electron chi connectivity index (χ1n) is 10.7. The Hall–Kier alpha value is -2.22. The summed E-state index contributed by atoms with van der Waals surface area (Å²) in [5, 5.41) is 7.82. The molecule has 2 fully saturated rings. The number of aromatic nitrogens is 3. The number of fused-ring (bicyclic) bond motifs is 4. The van der Waals surface area contributed by atoms with E-state index in [4.69, 9.17) is 9.72 Å². The maximum absolute atomic E-state index is 12.6. The van der Waals surface area contributed by atoms with Gasteiger partial charge < -0.3 is 4.74 Å². The Morgan fingerprint density at radius 2 is 2.13 bits per heavy atom. The summed E-state index contributed by atoms with van der Waals surface area (Å²) in [7, 11) is 1.82. The Morgan fingerprint density at radius 3 is 2.83 bits per heavy atom. The van der Waals surface area contributed by atoms with Gasteiger partial charge in [0.2, 0.25) is 0 Å². The Balaban J connectivity index is 1.43. The third-order valence-corrected chi connectivity index (χ3v) is 8.71. The van der Waals surface area contributed by atoms with Gasteiger partial charge in [0.1, 0.15) is 6.10 Å². The molecule has 8 heteroatoms. The standard InChI is InChI=1S/C22H28N4O3S/c1-10-8-14(25-26(10)5)19(27)24-21-23-17-12(3)16-18-13(11(2)20(28)29-18)6-7-22(16,4)9-15(17)30-21/h8,11-13,16,18H,6-7,9H2,1-5H3,(H,23,24,27)/t11-,12-,13+,16+,18-,22+/m0/s1. The third kappa shape index (κ3) is 2.83. The maximum atomic E-state index is 12.6. The van der Waals surface area contributed by atoms with E-state index in [1.54, 1.807) is 22.1 Å². The Labute approximate surface area is 180 Å². The number of nitrogens with zero attached hydrogens (tertiary/aromatic N) is 3. The normalized spacial score (nSPS) is 34.7. The fourth-order valence-corrected chi connectivity index (χ4v) is 7.22. The molecule has 0 aromatic carbocycles. The topological polar surface area (TPSA) is 86.1 Å². The van der Waals surface area contributed by atoms with Crippen LogP contribution in [0.2, 0.25) is 0 Å². The lowest BCUT2D eigenvalue weighted by Gasteiger charge is -2.51. The van der Waals surface area contributed by atoms with Crippen LogP contribution < -0.4 is 5.32 Å². The van der Waals surface area contributed by atoms with Crippen LogP contribution in [0.25, 0.3) is 0 Å². The predicted molar refractivity (Wildman–Crippen MR) is 113 cm³/mol. The van der Waals surface area contributed by atoms with Crippen LogP contribution in [0.3, 0.4) is 0 Å². The summed E-state index contributed by atoms with van der Waals surface area (Å²) in [6.07, 6.45) is 3.03. The SMILES string of the molecule is Cc1cc(C(=O)Nc2nc3c(s2)C[C@@]2(C)CC[C@H]4[C@H](OC(=O)[C@H]4C)[C@H]2[C@@H]3C)nn1C. The van der Waals surface area contributed by atoms with Gasteiger partial charge in [0.05, 0.1) is 11.6 Å². The van der Waals surface area contributed by atoms with Gasteiger partial charge in [-0.1, -0.05) is 20.8 Å². The molecule has 2 aromatic heterocycles. The van der Waals surface area contributed by atoms with Crippen LogP contribution in [-0.2, 0) is 23.0 Å². The molecule has 0 bridgehead atoms. The molecule has 30 heavy (non-hydrogen) atoms. The predicted octanol–water partition coefficient (Wildman–Crippen LogP) is 3.69. The number of aryl methyl sites for hydroxylation is 2. The van der Waals surface area contributed by atoms with Crippen LogP contribution in [-0.4, -0.2) is 32.7 Å². The number of hydrogen-bond acceptors (Lipinski definition) is 6. The molecular weight excluding hydrogens is 400 g/mol. The van der Waals surface area contributed by atoms with Crippen LogP contribution >= 0.6 is 11.3 Å². The van der Waals surface area contributed by atoms with E-state index in [2.05, 4.69) is 24.3 Å². The van der Waals surface area contributed by atoms with Crippen molar-refractivity contribution in [1.29, 1.82) is 0 Å². The highest BCUT2D eigenvalue weighted by atomic mass is 32.1. The molecular formula is C22H28N4O3S. The first-order valence-corrected chi connectivity index (χ1v) is 11.5. The minimum Gasteiger partial charge on any atom is -0.461 e. The monoisotopic (exact) mass is 428 g/mol. The number of carbonyl (C=O) groups is 2. The number of nitrogens with one attached hydrogen (secondary N) is 1. The van der Waals surface area contributed by atoms with E-state index < -0.39 is 0 Å². The van der Waals surface area contributed by atoms with Gasteiger partial charge >= 0.3 is 5.97 Å². The number of thiazole rings is 1. The van der Waals surface area contributed by atoms with E-state index in [0.29, 0.717) is 16.7 Å². The van der Waals surface area contributed by atoms with E-state index in [1.807, 2.05) is 20.9 Å². The van der Waals surface area contributed by atoms with Gasteiger partial charge in [-0.25, -0.2) is 4.98 Å². The van der Waals surface area contributed by atoms with Crippen LogP contribution in [0.5, 0.6) is 0 Å². The second-order valence-corrected chi connectivity index (χ2v) is 10.7. The summed E-state index contributed by atoms with van der Waals surface area (Å²) >= 11 is 1.57. The van der Waals surface area contributed by atoms with Gasteiger partial charge in [0, 0.05) is 35.4 Å². The molecule has 160 valence electrons. The minimum absolute atomic E-state index is 0.0136. The average Bonchev–Trinajstić information content (AvgIpc) is 3.31. The molecule has 1 amide bonds. The zero-order chi connectivity index (χ0) is 21.4. The molecule has 5 rings (SSSR count). The number of rotatable bonds is 2. The Morgan fingerprint density at radius 1 is 1.37 bits per heavy atom. The molecule has 3 heterocycles. The third-order valence-electron chi connectivity index (χ3n) is 7.72. The number of carbonyl (C=O) groups excluding carboxylic acids is 2. The lowest BCUT2D eigenvalue weighted by molar-refractivity contribution is -0.149. The van der Waals surface area contributed by atoms with Crippen molar-refractivity contribution in [3.8, 4) is 0 Å². The highest BCUT2D eigenvalue weighted by molar-refractivity contribution is 7.15. The van der Waals surface area contributed by atoms with Gasteiger partial charge in [-0.05, 0) is 37.7 Å². The van der Waals surface area contributed by atoms with Crippen molar-refractivity contribution >= 4 is 28.3 Å². The van der Waals surface area contributed by atoms with E-state index >= 15 is 0 Å². The van der Waals surface area contributed by atoms with Crippen LogP contribution in [0.15, 0.2) is 6.07 Å². The Bertz CT molecular complexity index is 1020. The second kappa shape index (κ2) is 6.64. The van der Waals surface area contributed by atoms with E-state index in [9.17, 15) is 9.59 Å². The van der Waals surface area contributed by atoms with Gasteiger partial charge in [0.15, 0.2) is 10.8 Å². The first kappa shape index (κ1) is 19.7. The van der Waals surface area contributed by atoms with Crippen molar-refractivity contribution < 1.29 is 14.3 Å². The molecule has 1 aliphatic heterocycles. The minimum atomic E-state index is -0.236. The maximum Gasteiger partial charge on any atom is 0.309 e. The van der Waals surface area contributed by atoms with Crippen LogP contribution in [0.1, 0.15) is 66.3 Å². The van der Waals surface area contributed by atoms with Crippen molar-refractivity contribution in [3.05, 3.63) is 28.0 Å². The summed E-state index contributed by atoms with van der Waals surface area (Å²) in [6.45, 7) is 8.46. The highest BCUT2D eigenvalue weighted by Crippen LogP contribution is 2.59. The van der Waals surface area contributed by atoms with E-state index in [1.165, 1.54) is 4.88 Å². The number of esters is 1. The van der Waals surface area contributed by atoms with Gasteiger partial charge in [0.25, 0.3) is 5.91 Å². The van der Waals surface area contributed by atoms with E-state index in [0.717, 1.165) is 30.7 Å². The number of ether oxygens (including phenoxy) is 1. The summed E-state index contributed by atoms with van der Waals surface area (Å²) < 4.78 is 7.59. The van der Waals surface area contributed by atoms with Crippen LogP contribution in [0.4, 0.5) is 5.13 Å². The average molecular weight is 429 g/mol. The quantitative estimate of drug-likeness (QED) is 0.737. The number of hydrogen-bond donors (Lipinski definition) is 1. The molecule has 1 saturated heterocycles. The fourth-order valence-electron chi connectivity index (χ4n) is 5.97. The summed E-state index contributed by atoms with van der Waals surface area (Å²) in [6, 6.07) is 1.77. The van der Waals surface area contributed by atoms with Gasteiger partial charge in [-0.2, -0.15) is 5.10 Å². The Kier molecular flexibility index (Phi) is 4.36. The highest BCUT2D eigenvalue weighted by Gasteiger charge is 2.58. The molecule has 0 spiro atoms. The summed E-state index contributed by atoms with van der Waals surface area (Å²) in [5.74, 6) is 0.458. The molecule has 0 radical (unpaired) electrons. The zero-order valence-corrected chi connectivity index (χ0v) is 18.9. The number of amides is 1. The molecule has 7 nitrogen and oxygen atoms in total. The smallest absolute Gasteiger partial charge is 0.309 e. The lowest BCUT2D eigenvalue weighted by atomic mass is 9.54.